The van der Waals surface area contributed by atoms with Crippen LogP contribution < -0.4 is 5.32 Å². The lowest BCUT2D eigenvalue weighted by Crippen LogP contribution is -2.40. The van der Waals surface area contributed by atoms with Gasteiger partial charge in [0.25, 0.3) is 0 Å². The van der Waals surface area contributed by atoms with Crippen molar-refractivity contribution in [2.45, 2.75) is 58.5 Å². The fraction of sp³-hybridized carbons (Fsp3) is 1.00. The molecule has 2 heteroatoms. The maximum Gasteiger partial charge on any atom is 0.00953 e. The SMILES string of the molecule is CC(C)NCC1CCN(C(C)C2CCC2)C1. The molecule has 1 N–H and O–H groups in total. The van der Waals surface area contributed by atoms with Gasteiger partial charge in [-0.15, -0.1) is 0 Å². The first-order chi connectivity index (χ1) is 7.66. The molecule has 16 heavy (non-hydrogen) atoms. The van der Waals surface area contributed by atoms with Gasteiger partial charge in [-0.2, -0.15) is 0 Å². The summed E-state index contributed by atoms with van der Waals surface area (Å²) >= 11 is 0. The van der Waals surface area contributed by atoms with Gasteiger partial charge in [0.1, 0.15) is 0 Å². The van der Waals surface area contributed by atoms with Crippen LogP contribution >= 0.6 is 0 Å². The molecule has 2 rings (SSSR count). The first-order valence-electron chi connectivity index (χ1n) is 7.14. The van der Waals surface area contributed by atoms with E-state index < -0.39 is 0 Å². The lowest BCUT2D eigenvalue weighted by atomic mass is 9.80. The van der Waals surface area contributed by atoms with Crippen LogP contribution in [0.3, 0.4) is 0 Å². The Labute approximate surface area is 101 Å². The van der Waals surface area contributed by atoms with Crippen molar-refractivity contribution in [1.82, 2.24) is 10.2 Å². The topological polar surface area (TPSA) is 15.3 Å². The van der Waals surface area contributed by atoms with E-state index in [4.69, 9.17) is 0 Å². The van der Waals surface area contributed by atoms with Crippen LogP contribution in [0.2, 0.25) is 0 Å². The van der Waals surface area contributed by atoms with E-state index in [-0.39, 0.29) is 0 Å². The van der Waals surface area contributed by atoms with Crippen LogP contribution in [0.1, 0.15) is 46.5 Å². The second-order valence-corrected chi connectivity index (χ2v) is 6.14. The predicted octanol–water partition coefficient (Wildman–Crippen LogP) is 2.49. The van der Waals surface area contributed by atoms with E-state index in [1.54, 1.807) is 0 Å². The van der Waals surface area contributed by atoms with Gasteiger partial charge in [0, 0.05) is 18.6 Å². The molecule has 0 bridgehead atoms. The molecule has 1 aliphatic carbocycles. The van der Waals surface area contributed by atoms with Gasteiger partial charge in [-0.25, -0.2) is 0 Å². The van der Waals surface area contributed by atoms with Gasteiger partial charge in [0.05, 0.1) is 0 Å². The van der Waals surface area contributed by atoms with Crippen molar-refractivity contribution >= 4 is 0 Å². The van der Waals surface area contributed by atoms with Crippen LogP contribution in [-0.4, -0.2) is 36.6 Å². The zero-order chi connectivity index (χ0) is 11.5. The van der Waals surface area contributed by atoms with E-state index in [1.807, 2.05) is 0 Å². The van der Waals surface area contributed by atoms with Crippen molar-refractivity contribution in [2.75, 3.05) is 19.6 Å². The highest BCUT2D eigenvalue weighted by atomic mass is 15.2. The van der Waals surface area contributed by atoms with Crippen LogP contribution in [0.5, 0.6) is 0 Å². The third-order valence-electron chi connectivity index (χ3n) is 4.54. The molecule has 2 aliphatic rings. The van der Waals surface area contributed by atoms with E-state index in [9.17, 15) is 0 Å². The van der Waals surface area contributed by atoms with Crippen LogP contribution in [0.4, 0.5) is 0 Å². The molecule has 2 nitrogen and oxygen atoms in total. The van der Waals surface area contributed by atoms with Crippen LogP contribution in [0.25, 0.3) is 0 Å². The second kappa shape index (κ2) is 5.50. The molecule has 2 atom stereocenters. The highest BCUT2D eigenvalue weighted by molar-refractivity contribution is 4.87. The maximum atomic E-state index is 3.58. The number of hydrogen-bond acceptors (Lipinski definition) is 2. The number of likely N-dealkylation sites (tertiary alicyclic amines) is 1. The minimum atomic E-state index is 0.637. The second-order valence-electron chi connectivity index (χ2n) is 6.14. The molecule has 1 aliphatic heterocycles. The lowest BCUT2D eigenvalue weighted by molar-refractivity contribution is 0.127. The molecule has 0 aromatic rings. The minimum absolute atomic E-state index is 0.637. The van der Waals surface area contributed by atoms with E-state index in [0.29, 0.717) is 6.04 Å². The maximum absolute atomic E-state index is 3.58. The molecule has 0 aromatic heterocycles. The quantitative estimate of drug-likeness (QED) is 0.772. The summed E-state index contributed by atoms with van der Waals surface area (Å²) in [6, 6.07) is 1.48. The molecule has 0 aromatic carbocycles. The summed E-state index contributed by atoms with van der Waals surface area (Å²) in [6.07, 6.45) is 5.83. The zero-order valence-electron chi connectivity index (χ0n) is 11.2. The van der Waals surface area contributed by atoms with Crippen LogP contribution in [-0.2, 0) is 0 Å². The monoisotopic (exact) mass is 224 g/mol. The Morgan fingerprint density at radius 2 is 1.94 bits per heavy atom. The van der Waals surface area contributed by atoms with Crippen molar-refractivity contribution in [2.24, 2.45) is 11.8 Å². The largest absolute Gasteiger partial charge is 0.314 e. The van der Waals surface area contributed by atoms with Gasteiger partial charge in [-0.1, -0.05) is 20.3 Å². The molecule has 2 fully saturated rings. The Morgan fingerprint density at radius 1 is 1.19 bits per heavy atom. The van der Waals surface area contributed by atoms with Crippen molar-refractivity contribution in [3.8, 4) is 0 Å². The zero-order valence-corrected chi connectivity index (χ0v) is 11.2. The van der Waals surface area contributed by atoms with Crippen LogP contribution in [0.15, 0.2) is 0 Å². The number of rotatable bonds is 5. The summed E-state index contributed by atoms with van der Waals surface area (Å²) in [5.41, 5.74) is 0. The molecule has 0 radical (unpaired) electrons. The van der Waals surface area contributed by atoms with E-state index in [1.165, 1.54) is 45.3 Å². The Bertz CT molecular complexity index is 211. The van der Waals surface area contributed by atoms with Gasteiger partial charge < -0.3 is 10.2 Å². The van der Waals surface area contributed by atoms with Crippen molar-refractivity contribution in [1.29, 1.82) is 0 Å². The molecule has 1 saturated carbocycles. The molecular formula is C14H28N2. The average molecular weight is 224 g/mol. The van der Waals surface area contributed by atoms with Gasteiger partial charge >= 0.3 is 0 Å². The summed E-state index contributed by atoms with van der Waals surface area (Å²) in [5.74, 6) is 1.90. The Hall–Kier alpha value is -0.0800. The predicted molar refractivity (Wildman–Crippen MR) is 69.6 cm³/mol. The Kier molecular flexibility index (Phi) is 4.26. The molecule has 1 saturated heterocycles. The van der Waals surface area contributed by atoms with Gasteiger partial charge in [-0.05, 0) is 51.1 Å². The van der Waals surface area contributed by atoms with Gasteiger partial charge in [-0.3, -0.25) is 0 Å². The van der Waals surface area contributed by atoms with E-state index in [0.717, 1.165) is 17.9 Å². The smallest absolute Gasteiger partial charge is 0.00953 e. The average Bonchev–Trinajstić information content (AvgIpc) is 2.60. The Balaban J connectivity index is 1.70. The molecule has 94 valence electrons. The molecule has 0 amide bonds. The first-order valence-corrected chi connectivity index (χ1v) is 7.14. The summed E-state index contributed by atoms with van der Waals surface area (Å²) < 4.78 is 0. The third kappa shape index (κ3) is 2.98. The normalized spacial score (nSPS) is 29.6. The van der Waals surface area contributed by atoms with Crippen LogP contribution in [0, 0.1) is 11.8 Å². The standard InChI is InChI=1S/C14H28N2/c1-11(2)15-9-13-7-8-16(10-13)12(3)14-5-4-6-14/h11-15H,4-10H2,1-3H3. The first kappa shape index (κ1) is 12.4. The summed E-state index contributed by atoms with van der Waals surface area (Å²) in [5, 5.41) is 3.58. The molecular weight excluding hydrogens is 196 g/mol. The number of hydrogen-bond donors (Lipinski definition) is 1. The van der Waals surface area contributed by atoms with Gasteiger partial charge in [0.2, 0.25) is 0 Å². The molecule has 2 unspecified atom stereocenters. The van der Waals surface area contributed by atoms with Gasteiger partial charge in [0.15, 0.2) is 0 Å². The highest BCUT2D eigenvalue weighted by Crippen LogP contribution is 2.34. The van der Waals surface area contributed by atoms with Crippen molar-refractivity contribution in [3.05, 3.63) is 0 Å². The van der Waals surface area contributed by atoms with E-state index >= 15 is 0 Å². The fourth-order valence-electron chi connectivity index (χ4n) is 3.02. The van der Waals surface area contributed by atoms with E-state index in [2.05, 4.69) is 31.0 Å². The van der Waals surface area contributed by atoms with Crippen molar-refractivity contribution in [3.63, 3.8) is 0 Å². The number of nitrogens with one attached hydrogen (secondary N) is 1. The fourth-order valence-corrected chi connectivity index (χ4v) is 3.02. The highest BCUT2D eigenvalue weighted by Gasteiger charge is 2.32. The molecule has 1 heterocycles. The summed E-state index contributed by atoms with van der Waals surface area (Å²) in [4.78, 5) is 2.73. The molecule has 0 spiro atoms. The minimum Gasteiger partial charge on any atom is -0.314 e. The lowest BCUT2D eigenvalue weighted by Gasteiger charge is -2.37. The number of nitrogens with zero attached hydrogens (tertiary/aromatic N) is 1. The van der Waals surface area contributed by atoms with Crippen molar-refractivity contribution < 1.29 is 0 Å². The third-order valence-corrected chi connectivity index (χ3v) is 4.54. The Morgan fingerprint density at radius 3 is 2.50 bits per heavy atom. The summed E-state index contributed by atoms with van der Waals surface area (Å²) in [7, 11) is 0. The summed E-state index contributed by atoms with van der Waals surface area (Å²) in [6.45, 7) is 10.8.